The molecule has 0 aliphatic rings. The third kappa shape index (κ3) is 4.46. The highest BCUT2D eigenvalue weighted by Crippen LogP contribution is 2.51. The smallest absolute Gasteiger partial charge is 0.365 e. The van der Waals surface area contributed by atoms with Crippen molar-refractivity contribution in [2.45, 2.75) is 0 Å². The first kappa shape index (κ1) is 27.1. The van der Waals surface area contributed by atoms with Crippen LogP contribution in [0.4, 0.5) is 0 Å². The van der Waals surface area contributed by atoms with Crippen LogP contribution in [-0.4, -0.2) is 32.4 Å². The Morgan fingerprint density at radius 3 is 1.79 bits per heavy atom. The first-order valence-corrected chi connectivity index (χ1v) is 12.7. The van der Waals surface area contributed by atoms with E-state index < -0.39 is 17.5 Å². The minimum Gasteiger partial charge on any atom is -0.507 e. The van der Waals surface area contributed by atoms with E-state index in [2.05, 4.69) is 0 Å². The van der Waals surface area contributed by atoms with Crippen LogP contribution in [0.1, 0.15) is 20.7 Å². The van der Waals surface area contributed by atoms with Gasteiger partial charge in [0.15, 0.2) is 0 Å². The van der Waals surface area contributed by atoms with Crippen molar-refractivity contribution in [1.82, 2.24) is 0 Å². The summed E-state index contributed by atoms with van der Waals surface area (Å²) in [5, 5.41) is 39.8. The van der Waals surface area contributed by atoms with E-state index in [-0.39, 0.29) is 80.8 Å². The molecule has 0 amide bonds. The average Bonchev–Trinajstić information content (AvgIpc) is 2.89. The van der Waals surface area contributed by atoms with Gasteiger partial charge in [0.1, 0.15) is 11.5 Å². The molecule has 0 fully saturated rings. The molecule has 12 heteroatoms. The minimum absolute atomic E-state index is 0.0403. The summed E-state index contributed by atoms with van der Waals surface area (Å²) in [6.07, 6.45) is 0. The molecule has 0 spiro atoms. The molecule has 5 aromatic rings. The third-order valence-corrected chi connectivity index (χ3v) is 8.18. The van der Waals surface area contributed by atoms with Crippen LogP contribution in [0.5, 0.6) is 11.5 Å². The van der Waals surface area contributed by atoms with Crippen LogP contribution < -0.4 is 0 Å². The number of hydrogen-bond donors (Lipinski definition) is 4. The van der Waals surface area contributed by atoms with Gasteiger partial charge in [0.2, 0.25) is 0 Å². The number of carboxylic acid groups (broad SMARTS) is 2. The SMILES string of the molecule is O=C(O)c1ccc(-c2cc3c(-c4c(Cl)c(Cl)c(Cl)c(Cl)c4C(=O)O)c4cc(Cl)c(O)cc4[o+]c3cc2O)cc1. The second kappa shape index (κ2) is 9.93. The third-order valence-electron chi connectivity index (χ3n) is 6.08. The van der Waals surface area contributed by atoms with Crippen LogP contribution in [0, 0.1) is 0 Å². The van der Waals surface area contributed by atoms with E-state index in [1.165, 1.54) is 48.5 Å². The number of fused-ring (bicyclic) bond motifs is 2. The molecule has 0 radical (unpaired) electrons. The molecule has 5 rings (SSSR count). The summed E-state index contributed by atoms with van der Waals surface area (Å²) in [7, 11) is 0. The summed E-state index contributed by atoms with van der Waals surface area (Å²) >= 11 is 31.7. The predicted octanol–water partition coefficient (Wildman–Crippen LogP) is 9.28. The second-order valence-corrected chi connectivity index (χ2v) is 10.3. The Labute approximate surface area is 243 Å². The van der Waals surface area contributed by atoms with Gasteiger partial charge in [-0.25, -0.2) is 14.0 Å². The summed E-state index contributed by atoms with van der Waals surface area (Å²) in [6, 6.07) is 11.1. The number of carboxylic acids is 2. The summed E-state index contributed by atoms with van der Waals surface area (Å²) < 4.78 is 5.95. The second-order valence-electron chi connectivity index (χ2n) is 8.34. The molecule has 4 aromatic carbocycles. The molecule has 0 aliphatic heterocycles. The number of phenols is 2. The summed E-state index contributed by atoms with van der Waals surface area (Å²) in [4.78, 5) is 23.7. The average molecular weight is 626 g/mol. The number of carbonyl (C=O) groups is 2. The maximum Gasteiger partial charge on any atom is 0.365 e. The number of halogens is 5. The van der Waals surface area contributed by atoms with Crippen molar-refractivity contribution in [3.8, 4) is 33.8 Å². The van der Waals surface area contributed by atoms with E-state index in [1.54, 1.807) is 0 Å². The van der Waals surface area contributed by atoms with Crippen LogP contribution in [0.3, 0.4) is 0 Å². The molecule has 7 nitrogen and oxygen atoms in total. The van der Waals surface area contributed by atoms with Crippen molar-refractivity contribution < 1.29 is 34.4 Å². The number of hydrogen-bond acceptors (Lipinski definition) is 4. The highest BCUT2D eigenvalue weighted by Gasteiger charge is 2.32. The Bertz CT molecular complexity index is 1890. The van der Waals surface area contributed by atoms with Crippen molar-refractivity contribution in [2.75, 3.05) is 0 Å². The van der Waals surface area contributed by atoms with Gasteiger partial charge in [-0.05, 0) is 29.8 Å². The molecule has 196 valence electrons. The molecule has 0 saturated carbocycles. The number of benzene rings is 4. The standard InChI is InChI=1S/C27H11Cl5O7/c28-14-6-13-18(8-16(14)34)39-17-7-15(33)11(9-1-3-10(4-2-9)26(35)36)5-12(17)19(13)20-21(27(37)38)23(30)25(32)24(31)22(20)29/h1-8H,(H3-,33,34,35,36,37,38)/p+1. The zero-order chi connectivity index (χ0) is 28.3. The molecular weight excluding hydrogens is 614 g/mol. The van der Waals surface area contributed by atoms with Gasteiger partial charge in [0.05, 0.1) is 59.1 Å². The first-order chi connectivity index (χ1) is 18.4. The van der Waals surface area contributed by atoms with E-state index in [9.17, 15) is 30.0 Å². The highest BCUT2D eigenvalue weighted by atomic mass is 35.5. The summed E-state index contributed by atoms with van der Waals surface area (Å²) in [6.45, 7) is 0. The zero-order valence-electron chi connectivity index (χ0n) is 19.0. The van der Waals surface area contributed by atoms with E-state index in [0.29, 0.717) is 5.56 Å². The van der Waals surface area contributed by atoms with Crippen molar-refractivity contribution >= 4 is 91.9 Å². The topological polar surface area (TPSA) is 126 Å². The molecule has 1 heterocycles. The van der Waals surface area contributed by atoms with Crippen LogP contribution in [0.15, 0.2) is 52.9 Å². The van der Waals surface area contributed by atoms with Gasteiger partial charge in [-0.15, -0.1) is 0 Å². The van der Waals surface area contributed by atoms with E-state index >= 15 is 0 Å². The maximum atomic E-state index is 12.4. The highest BCUT2D eigenvalue weighted by molar-refractivity contribution is 6.54. The van der Waals surface area contributed by atoms with Crippen LogP contribution >= 0.6 is 58.0 Å². The first-order valence-electron chi connectivity index (χ1n) is 10.8. The summed E-state index contributed by atoms with van der Waals surface area (Å²) in [5.74, 6) is -3.11. The number of aromatic carboxylic acids is 2. The fourth-order valence-corrected chi connectivity index (χ4v) is 5.49. The van der Waals surface area contributed by atoms with Gasteiger partial charge in [-0.2, -0.15) is 0 Å². The summed E-state index contributed by atoms with van der Waals surface area (Å²) in [5.41, 5.74) is 0.524. The van der Waals surface area contributed by atoms with Crippen molar-refractivity contribution in [2.24, 2.45) is 0 Å². The Morgan fingerprint density at radius 2 is 1.21 bits per heavy atom. The van der Waals surface area contributed by atoms with E-state index in [4.69, 9.17) is 62.4 Å². The lowest BCUT2D eigenvalue weighted by molar-refractivity contribution is 0.0686. The molecule has 39 heavy (non-hydrogen) atoms. The van der Waals surface area contributed by atoms with Crippen LogP contribution in [0.2, 0.25) is 25.1 Å². The van der Waals surface area contributed by atoms with E-state index in [0.717, 1.165) is 0 Å². The lowest BCUT2D eigenvalue weighted by atomic mass is 9.91. The molecule has 0 bridgehead atoms. The van der Waals surface area contributed by atoms with E-state index in [1.807, 2.05) is 0 Å². The van der Waals surface area contributed by atoms with Crippen LogP contribution in [0.25, 0.3) is 44.2 Å². The van der Waals surface area contributed by atoms with Crippen molar-refractivity contribution in [1.29, 1.82) is 0 Å². The Balaban J connectivity index is 1.99. The number of phenolic OH excluding ortho intramolecular Hbond substituents is 2. The number of rotatable bonds is 4. The van der Waals surface area contributed by atoms with Gasteiger partial charge >= 0.3 is 23.1 Å². The predicted molar refractivity (Wildman–Crippen MR) is 151 cm³/mol. The Kier molecular flexibility index (Phi) is 6.91. The maximum absolute atomic E-state index is 12.4. The zero-order valence-corrected chi connectivity index (χ0v) is 22.8. The minimum atomic E-state index is -1.45. The molecule has 0 atom stereocenters. The van der Waals surface area contributed by atoms with Crippen molar-refractivity contribution in [3.05, 3.63) is 84.8 Å². The molecule has 0 saturated heterocycles. The largest absolute Gasteiger partial charge is 0.507 e. The Hall–Kier alpha value is -3.46. The van der Waals surface area contributed by atoms with Gasteiger partial charge in [0, 0.05) is 16.7 Å². The van der Waals surface area contributed by atoms with Crippen molar-refractivity contribution in [3.63, 3.8) is 0 Å². The monoisotopic (exact) mass is 623 g/mol. The molecule has 0 unspecified atom stereocenters. The lowest BCUT2D eigenvalue weighted by Crippen LogP contribution is -2.04. The molecule has 0 aliphatic carbocycles. The number of aromatic hydroxyl groups is 2. The fraction of sp³-hybridized carbons (Fsp3) is 0. The fourth-order valence-electron chi connectivity index (χ4n) is 4.30. The normalized spacial score (nSPS) is 11.3. The van der Waals surface area contributed by atoms with Gasteiger partial charge in [0.25, 0.3) is 0 Å². The molecule has 1 aromatic heterocycles. The Morgan fingerprint density at radius 1 is 0.641 bits per heavy atom. The van der Waals surface area contributed by atoms with Crippen LogP contribution in [-0.2, 0) is 0 Å². The van der Waals surface area contributed by atoms with Gasteiger partial charge in [-0.1, -0.05) is 70.1 Å². The lowest BCUT2D eigenvalue weighted by Gasteiger charge is -2.16. The quantitative estimate of drug-likeness (QED) is 0.0679. The molecule has 4 N–H and O–H groups in total. The van der Waals surface area contributed by atoms with Gasteiger partial charge in [-0.3, -0.25) is 0 Å². The molecular formula is C27H12Cl5O7+. The van der Waals surface area contributed by atoms with Gasteiger partial charge < -0.3 is 20.4 Å².